The molecule has 1 aromatic heterocycles. The molecule has 140 valence electrons. The molecule has 3 rings (SSSR count). The van der Waals surface area contributed by atoms with E-state index < -0.39 is 0 Å². The number of hydrogen-bond donors (Lipinski definition) is 1. The second kappa shape index (κ2) is 7.83. The zero-order valence-electron chi connectivity index (χ0n) is 15.8. The van der Waals surface area contributed by atoms with Crippen molar-refractivity contribution in [1.82, 2.24) is 9.88 Å². The Bertz CT molecular complexity index is 787. The van der Waals surface area contributed by atoms with E-state index in [1.807, 2.05) is 25.1 Å². The highest BCUT2D eigenvalue weighted by Crippen LogP contribution is 2.33. The third-order valence-corrected chi connectivity index (χ3v) is 6.47. The van der Waals surface area contributed by atoms with Gasteiger partial charge in [0, 0.05) is 29.8 Å². The molecule has 1 saturated heterocycles. The monoisotopic (exact) mass is 407 g/mol. The molecule has 0 aliphatic carbocycles. The van der Waals surface area contributed by atoms with Gasteiger partial charge in [0.25, 0.3) is 0 Å². The first-order valence-electron chi connectivity index (χ1n) is 9.02. The summed E-state index contributed by atoms with van der Waals surface area (Å²) in [5.41, 5.74) is 3.34. The van der Waals surface area contributed by atoms with Crippen molar-refractivity contribution in [2.24, 2.45) is 0 Å². The number of piperidine rings is 1. The molecule has 0 spiro atoms. The summed E-state index contributed by atoms with van der Waals surface area (Å²) in [6.45, 7) is 10.6. The van der Waals surface area contributed by atoms with E-state index in [1.165, 1.54) is 10.7 Å². The van der Waals surface area contributed by atoms with E-state index in [4.69, 9.17) is 28.8 Å². The van der Waals surface area contributed by atoms with Gasteiger partial charge < -0.3 is 10.2 Å². The molecular formula is C20H26ClN3S2. The first kappa shape index (κ1) is 19.6. The maximum atomic E-state index is 6.31. The summed E-state index contributed by atoms with van der Waals surface area (Å²) in [6.07, 6.45) is 2.17. The van der Waals surface area contributed by atoms with Crippen molar-refractivity contribution < 1.29 is 0 Å². The van der Waals surface area contributed by atoms with Crippen LogP contribution in [0.15, 0.2) is 23.6 Å². The molecule has 0 saturated carbocycles. The summed E-state index contributed by atoms with van der Waals surface area (Å²) in [4.78, 5) is 7.13. The fourth-order valence-electron chi connectivity index (χ4n) is 3.06. The molecule has 1 fully saturated rings. The number of halogens is 1. The summed E-state index contributed by atoms with van der Waals surface area (Å²) in [7, 11) is 0. The Balaban J connectivity index is 1.58. The van der Waals surface area contributed by atoms with Crippen LogP contribution in [0.3, 0.4) is 0 Å². The molecule has 0 unspecified atom stereocenters. The molecule has 3 nitrogen and oxygen atoms in total. The van der Waals surface area contributed by atoms with Gasteiger partial charge in [-0.05, 0) is 49.7 Å². The Hall–Kier alpha value is -1.17. The number of aryl methyl sites for hydroxylation is 1. The Kier molecular flexibility index (Phi) is 5.90. The van der Waals surface area contributed by atoms with Crippen molar-refractivity contribution in [3.05, 3.63) is 44.9 Å². The summed E-state index contributed by atoms with van der Waals surface area (Å²) < 4.78 is 0. The standard InChI is InChI=1S/C20H26ClN3S2/c1-13-5-6-16(15(21)11-13)22-19(25)24-9-7-14(8-10-24)18-23-17(12-26-18)20(2,3)4/h5-6,11-12,14H,7-10H2,1-4H3,(H,22,25). The number of thiazole rings is 1. The van der Waals surface area contributed by atoms with Crippen molar-refractivity contribution in [2.45, 2.75) is 51.9 Å². The number of aromatic nitrogens is 1. The molecule has 1 aromatic carbocycles. The second-order valence-electron chi connectivity index (χ2n) is 8.00. The molecule has 0 amide bonds. The van der Waals surface area contributed by atoms with Crippen molar-refractivity contribution in [3.8, 4) is 0 Å². The zero-order valence-corrected chi connectivity index (χ0v) is 18.2. The molecule has 0 radical (unpaired) electrons. The lowest BCUT2D eigenvalue weighted by Gasteiger charge is -2.33. The van der Waals surface area contributed by atoms with Gasteiger partial charge in [-0.25, -0.2) is 4.98 Å². The maximum absolute atomic E-state index is 6.31. The summed E-state index contributed by atoms with van der Waals surface area (Å²) in [6, 6.07) is 5.98. The normalized spacial score (nSPS) is 16.0. The number of rotatable bonds is 2. The minimum atomic E-state index is 0.119. The van der Waals surface area contributed by atoms with E-state index >= 15 is 0 Å². The van der Waals surface area contributed by atoms with Gasteiger partial charge in [-0.15, -0.1) is 11.3 Å². The second-order valence-corrected chi connectivity index (χ2v) is 9.68. The Morgan fingerprint density at radius 3 is 2.58 bits per heavy atom. The van der Waals surface area contributed by atoms with Crippen LogP contribution in [-0.4, -0.2) is 28.1 Å². The van der Waals surface area contributed by atoms with Crippen LogP contribution in [0.25, 0.3) is 0 Å². The predicted molar refractivity (Wildman–Crippen MR) is 117 cm³/mol. The quantitative estimate of drug-likeness (QED) is 0.620. The van der Waals surface area contributed by atoms with E-state index in [0.717, 1.165) is 42.3 Å². The number of nitrogens with one attached hydrogen (secondary N) is 1. The predicted octanol–water partition coefficient (Wildman–Crippen LogP) is 5.98. The molecule has 0 atom stereocenters. The van der Waals surface area contributed by atoms with Crippen LogP contribution in [-0.2, 0) is 5.41 Å². The number of likely N-dealkylation sites (tertiary alicyclic amines) is 1. The van der Waals surface area contributed by atoms with E-state index in [0.29, 0.717) is 10.9 Å². The van der Waals surface area contributed by atoms with Gasteiger partial charge in [0.1, 0.15) is 0 Å². The van der Waals surface area contributed by atoms with Gasteiger partial charge in [0.2, 0.25) is 0 Å². The van der Waals surface area contributed by atoms with Crippen molar-refractivity contribution in [3.63, 3.8) is 0 Å². The molecule has 2 aromatic rings. The highest BCUT2D eigenvalue weighted by molar-refractivity contribution is 7.80. The molecule has 26 heavy (non-hydrogen) atoms. The Labute approximate surface area is 170 Å². The molecule has 1 aliphatic rings. The third kappa shape index (κ3) is 4.56. The largest absolute Gasteiger partial charge is 0.349 e. The molecule has 2 heterocycles. The van der Waals surface area contributed by atoms with Crippen molar-refractivity contribution in [1.29, 1.82) is 0 Å². The summed E-state index contributed by atoms with van der Waals surface area (Å²) >= 11 is 13.7. The fourth-order valence-corrected chi connectivity index (χ4v) is 4.86. The lowest BCUT2D eigenvalue weighted by molar-refractivity contribution is 0.316. The minimum Gasteiger partial charge on any atom is -0.349 e. The van der Waals surface area contributed by atoms with E-state index in [9.17, 15) is 0 Å². The van der Waals surface area contributed by atoms with E-state index in [-0.39, 0.29) is 5.41 Å². The number of benzene rings is 1. The zero-order chi connectivity index (χ0) is 18.9. The van der Waals surface area contributed by atoms with Crippen molar-refractivity contribution in [2.75, 3.05) is 18.4 Å². The Morgan fingerprint density at radius 2 is 2.00 bits per heavy atom. The number of nitrogens with zero attached hydrogens (tertiary/aromatic N) is 2. The summed E-state index contributed by atoms with van der Waals surface area (Å²) in [5, 5.41) is 8.25. The smallest absolute Gasteiger partial charge is 0.173 e. The van der Waals surface area contributed by atoms with Gasteiger partial charge in [-0.3, -0.25) is 0 Å². The summed E-state index contributed by atoms with van der Waals surface area (Å²) in [5.74, 6) is 0.540. The average molecular weight is 408 g/mol. The third-order valence-electron chi connectivity index (χ3n) is 4.79. The van der Waals surface area contributed by atoms with Gasteiger partial charge in [0.05, 0.1) is 21.4 Å². The molecular weight excluding hydrogens is 382 g/mol. The minimum absolute atomic E-state index is 0.119. The van der Waals surface area contributed by atoms with Gasteiger partial charge >= 0.3 is 0 Å². The van der Waals surface area contributed by atoms with Crippen LogP contribution >= 0.6 is 35.2 Å². The molecule has 0 bridgehead atoms. The Morgan fingerprint density at radius 1 is 1.31 bits per heavy atom. The van der Waals surface area contributed by atoms with Crippen LogP contribution in [0.2, 0.25) is 5.02 Å². The highest BCUT2D eigenvalue weighted by Gasteiger charge is 2.26. The maximum Gasteiger partial charge on any atom is 0.173 e. The molecule has 1 aliphatic heterocycles. The SMILES string of the molecule is Cc1ccc(NC(=S)N2CCC(c3nc(C(C)(C)C)cs3)CC2)c(Cl)c1. The van der Waals surface area contributed by atoms with Crippen LogP contribution in [0, 0.1) is 6.92 Å². The lowest BCUT2D eigenvalue weighted by Crippen LogP contribution is -2.40. The first-order valence-corrected chi connectivity index (χ1v) is 10.7. The van der Waals surface area contributed by atoms with Gasteiger partial charge in [-0.2, -0.15) is 0 Å². The van der Waals surface area contributed by atoms with Crippen LogP contribution in [0.4, 0.5) is 5.69 Å². The highest BCUT2D eigenvalue weighted by atomic mass is 35.5. The number of anilines is 1. The van der Waals surface area contributed by atoms with Gasteiger partial charge in [-0.1, -0.05) is 38.4 Å². The van der Waals surface area contributed by atoms with E-state index in [2.05, 4.69) is 36.4 Å². The van der Waals surface area contributed by atoms with Crippen molar-refractivity contribution >= 4 is 46.0 Å². The van der Waals surface area contributed by atoms with Crippen LogP contribution < -0.4 is 5.32 Å². The van der Waals surface area contributed by atoms with Crippen LogP contribution in [0.1, 0.15) is 55.8 Å². The average Bonchev–Trinajstić information content (AvgIpc) is 3.08. The topological polar surface area (TPSA) is 28.2 Å². The first-order chi connectivity index (χ1) is 12.2. The van der Waals surface area contributed by atoms with Crippen LogP contribution in [0.5, 0.6) is 0 Å². The van der Waals surface area contributed by atoms with Gasteiger partial charge in [0.15, 0.2) is 5.11 Å². The number of thiocarbonyl (C=S) groups is 1. The molecule has 6 heteroatoms. The lowest BCUT2D eigenvalue weighted by atomic mass is 9.93. The van der Waals surface area contributed by atoms with E-state index in [1.54, 1.807) is 11.3 Å². The molecule has 1 N–H and O–H groups in total. The fraction of sp³-hybridized carbons (Fsp3) is 0.500. The number of hydrogen-bond acceptors (Lipinski definition) is 3.